The van der Waals surface area contributed by atoms with E-state index in [1.165, 1.54) is 0 Å². The number of nitrogens with zero attached hydrogens (tertiary/aromatic N) is 1. The first-order valence-corrected chi connectivity index (χ1v) is 7.18. The number of hydrogen-bond acceptors (Lipinski definition) is 3. The van der Waals surface area contributed by atoms with Crippen LogP contribution in [0.2, 0.25) is 0 Å². The number of carbonyl (C=O) groups is 1. The van der Waals surface area contributed by atoms with E-state index in [1.807, 2.05) is 24.8 Å². The standard InChI is InChI=1S/C15H22FN3O/c1-3-19(4-2)10-14(20)18-13-6-5-11-9-17-8-7-12(11)15(13)16/h5-6,17H,3-4,7-10H2,1-2H3,(H,18,20). The van der Waals surface area contributed by atoms with Gasteiger partial charge in [0.2, 0.25) is 5.91 Å². The summed E-state index contributed by atoms with van der Waals surface area (Å²) >= 11 is 0. The third-order valence-electron chi connectivity index (χ3n) is 3.74. The lowest BCUT2D eigenvalue weighted by atomic mass is 9.99. The van der Waals surface area contributed by atoms with E-state index in [0.29, 0.717) is 25.2 Å². The lowest BCUT2D eigenvalue weighted by Crippen LogP contribution is -2.33. The fraction of sp³-hybridized carbons (Fsp3) is 0.533. The highest BCUT2D eigenvalue weighted by Crippen LogP contribution is 2.24. The first-order chi connectivity index (χ1) is 9.65. The second kappa shape index (κ2) is 6.81. The lowest BCUT2D eigenvalue weighted by Gasteiger charge is -2.20. The average molecular weight is 279 g/mol. The SMILES string of the molecule is CCN(CC)CC(=O)Nc1ccc2c(c1F)CCNC2. The van der Waals surface area contributed by atoms with E-state index in [9.17, 15) is 9.18 Å². The van der Waals surface area contributed by atoms with Gasteiger partial charge in [0.25, 0.3) is 0 Å². The van der Waals surface area contributed by atoms with Gasteiger partial charge in [-0.15, -0.1) is 0 Å². The van der Waals surface area contributed by atoms with Crippen LogP contribution in [0.1, 0.15) is 25.0 Å². The quantitative estimate of drug-likeness (QED) is 0.863. The molecule has 0 aliphatic carbocycles. The summed E-state index contributed by atoms with van der Waals surface area (Å²) in [7, 11) is 0. The molecule has 0 aromatic heterocycles. The van der Waals surface area contributed by atoms with Crippen molar-refractivity contribution in [2.45, 2.75) is 26.8 Å². The number of benzene rings is 1. The maximum absolute atomic E-state index is 14.4. The molecule has 0 atom stereocenters. The van der Waals surface area contributed by atoms with Gasteiger partial charge in [0.1, 0.15) is 5.82 Å². The monoisotopic (exact) mass is 279 g/mol. The Bertz CT molecular complexity index is 486. The molecule has 20 heavy (non-hydrogen) atoms. The number of carbonyl (C=O) groups excluding carboxylic acids is 1. The minimum atomic E-state index is -0.281. The Morgan fingerprint density at radius 3 is 2.85 bits per heavy atom. The van der Waals surface area contributed by atoms with E-state index in [2.05, 4.69) is 10.6 Å². The van der Waals surface area contributed by atoms with Gasteiger partial charge < -0.3 is 10.6 Å². The Hall–Kier alpha value is -1.46. The number of amides is 1. The number of likely N-dealkylation sites (N-methyl/N-ethyl adjacent to an activating group) is 1. The van der Waals surface area contributed by atoms with Crippen LogP contribution in [-0.4, -0.2) is 37.0 Å². The Kier molecular flexibility index (Phi) is 5.09. The van der Waals surface area contributed by atoms with E-state index in [4.69, 9.17) is 0 Å². The number of fused-ring (bicyclic) bond motifs is 1. The Balaban J connectivity index is 2.08. The van der Waals surface area contributed by atoms with Crippen LogP contribution in [-0.2, 0) is 17.8 Å². The summed E-state index contributed by atoms with van der Waals surface area (Å²) in [5, 5.41) is 5.89. The molecule has 0 bridgehead atoms. The van der Waals surface area contributed by atoms with Crippen LogP contribution in [0.15, 0.2) is 12.1 Å². The summed E-state index contributed by atoms with van der Waals surface area (Å²) in [5.41, 5.74) is 2.00. The zero-order chi connectivity index (χ0) is 14.5. The van der Waals surface area contributed by atoms with Crippen molar-refractivity contribution >= 4 is 11.6 Å². The number of rotatable bonds is 5. The molecule has 0 saturated carbocycles. The van der Waals surface area contributed by atoms with Crippen LogP contribution in [0.3, 0.4) is 0 Å². The molecule has 1 heterocycles. The van der Waals surface area contributed by atoms with Gasteiger partial charge in [-0.1, -0.05) is 19.9 Å². The molecule has 1 aromatic carbocycles. The molecular weight excluding hydrogens is 257 g/mol. The molecule has 2 N–H and O–H groups in total. The number of anilines is 1. The molecule has 0 spiro atoms. The van der Waals surface area contributed by atoms with E-state index < -0.39 is 0 Å². The van der Waals surface area contributed by atoms with Crippen molar-refractivity contribution in [3.05, 3.63) is 29.1 Å². The fourth-order valence-electron chi connectivity index (χ4n) is 2.47. The molecule has 4 nitrogen and oxygen atoms in total. The van der Waals surface area contributed by atoms with E-state index in [0.717, 1.165) is 30.8 Å². The zero-order valence-electron chi connectivity index (χ0n) is 12.1. The van der Waals surface area contributed by atoms with Crippen molar-refractivity contribution < 1.29 is 9.18 Å². The molecule has 0 saturated heterocycles. The molecule has 2 rings (SSSR count). The molecule has 0 radical (unpaired) electrons. The molecule has 1 aliphatic heterocycles. The third-order valence-corrected chi connectivity index (χ3v) is 3.74. The molecule has 110 valence electrons. The maximum atomic E-state index is 14.4. The average Bonchev–Trinajstić information content (AvgIpc) is 2.48. The summed E-state index contributed by atoms with van der Waals surface area (Å²) in [5.74, 6) is -0.446. The Labute approximate surface area is 119 Å². The van der Waals surface area contributed by atoms with Crippen LogP contribution in [0, 0.1) is 5.82 Å². The highest BCUT2D eigenvalue weighted by Gasteiger charge is 2.17. The molecule has 5 heteroatoms. The van der Waals surface area contributed by atoms with Crippen molar-refractivity contribution in [3.8, 4) is 0 Å². The lowest BCUT2D eigenvalue weighted by molar-refractivity contribution is -0.117. The summed E-state index contributed by atoms with van der Waals surface area (Å²) in [4.78, 5) is 13.9. The van der Waals surface area contributed by atoms with E-state index in [1.54, 1.807) is 6.07 Å². The molecular formula is C15H22FN3O. The number of hydrogen-bond donors (Lipinski definition) is 2. The molecule has 0 unspecified atom stereocenters. The van der Waals surface area contributed by atoms with Crippen molar-refractivity contribution in [3.63, 3.8) is 0 Å². The van der Waals surface area contributed by atoms with Crippen molar-refractivity contribution in [1.29, 1.82) is 0 Å². The van der Waals surface area contributed by atoms with Crippen LogP contribution in [0.5, 0.6) is 0 Å². The summed E-state index contributed by atoms with van der Waals surface area (Å²) < 4.78 is 14.4. The summed E-state index contributed by atoms with van der Waals surface area (Å²) in [6.07, 6.45) is 0.668. The zero-order valence-corrected chi connectivity index (χ0v) is 12.1. The van der Waals surface area contributed by atoms with Gasteiger partial charge in [-0.2, -0.15) is 0 Å². The second-order valence-electron chi connectivity index (χ2n) is 5.00. The van der Waals surface area contributed by atoms with Crippen molar-refractivity contribution in [2.75, 3.05) is 31.5 Å². The van der Waals surface area contributed by atoms with Crippen molar-refractivity contribution in [1.82, 2.24) is 10.2 Å². The topological polar surface area (TPSA) is 44.4 Å². The van der Waals surface area contributed by atoms with Crippen LogP contribution in [0.4, 0.5) is 10.1 Å². The van der Waals surface area contributed by atoms with Crippen LogP contribution in [0.25, 0.3) is 0 Å². The Morgan fingerprint density at radius 1 is 1.40 bits per heavy atom. The van der Waals surface area contributed by atoms with Crippen LogP contribution < -0.4 is 10.6 Å². The van der Waals surface area contributed by atoms with Gasteiger partial charge >= 0.3 is 0 Å². The van der Waals surface area contributed by atoms with Gasteiger partial charge in [0, 0.05) is 6.54 Å². The second-order valence-corrected chi connectivity index (χ2v) is 5.00. The molecule has 1 aliphatic rings. The predicted octanol–water partition coefficient (Wildman–Crippen LogP) is 1.75. The van der Waals surface area contributed by atoms with E-state index >= 15 is 0 Å². The highest BCUT2D eigenvalue weighted by atomic mass is 19.1. The van der Waals surface area contributed by atoms with Gasteiger partial charge in [-0.3, -0.25) is 9.69 Å². The largest absolute Gasteiger partial charge is 0.322 e. The number of nitrogens with one attached hydrogen (secondary N) is 2. The first kappa shape index (κ1) is 14.9. The van der Waals surface area contributed by atoms with Crippen LogP contribution >= 0.6 is 0 Å². The third kappa shape index (κ3) is 3.35. The fourth-order valence-corrected chi connectivity index (χ4v) is 2.47. The van der Waals surface area contributed by atoms with Gasteiger partial charge in [-0.05, 0) is 43.2 Å². The van der Waals surface area contributed by atoms with Gasteiger partial charge in [0.05, 0.1) is 12.2 Å². The normalized spacial score (nSPS) is 14.2. The predicted molar refractivity (Wildman–Crippen MR) is 78.2 cm³/mol. The summed E-state index contributed by atoms with van der Waals surface area (Å²) in [6.45, 7) is 7.39. The highest BCUT2D eigenvalue weighted by molar-refractivity contribution is 5.92. The number of halogens is 1. The molecule has 1 amide bonds. The maximum Gasteiger partial charge on any atom is 0.238 e. The van der Waals surface area contributed by atoms with Gasteiger partial charge in [0.15, 0.2) is 0 Å². The first-order valence-electron chi connectivity index (χ1n) is 7.18. The van der Waals surface area contributed by atoms with Gasteiger partial charge in [-0.25, -0.2) is 4.39 Å². The molecule has 1 aromatic rings. The summed E-state index contributed by atoms with van der Waals surface area (Å²) in [6, 6.07) is 3.54. The van der Waals surface area contributed by atoms with E-state index in [-0.39, 0.29) is 11.7 Å². The smallest absolute Gasteiger partial charge is 0.238 e. The minimum absolute atomic E-state index is 0.165. The minimum Gasteiger partial charge on any atom is -0.322 e. The Morgan fingerprint density at radius 2 is 2.15 bits per heavy atom. The molecule has 0 fully saturated rings. The van der Waals surface area contributed by atoms with Crippen molar-refractivity contribution in [2.24, 2.45) is 0 Å².